The van der Waals surface area contributed by atoms with Crippen LogP contribution in [0, 0.1) is 12.7 Å². The Balaban J connectivity index is 2.33. The van der Waals surface area contributed by atoms with E-state index >= 15 is 0 Å². The SMILES string of the molecule is Cc1nc2c(c(=O)n(C)c(=O)n2C)n1Cc1c(F)cccc1Cl. The van der Waals surface area contributed by atoms with Crippen LogP contribution < -0.4 is 11.2 Å². The lowest BCUT2D eigenvalue weighted by Gasteiger charge is -2.10. The first-order valence-electron chi connectivity index (χ1n) is 6.88. The van der Waals surface area contributed by atoms with Crippen LogP contribution in [0.2, 0.25) is 5.02 Å². The molecular formula is C15H14ClFN4O2. The van der Waals surface area contributed by atoms with Crippen LogP contribution in [0.25, 0.3) is 11.2 Å². The molecule has 3 aromatic rings. The van der Waals surface area contributed by atoms with Gasteiger partial charge in [0.2, 0.25) is 0 Å². The van der Waals surface area contributed by atoms with Gasteiger partial charge in [0.15, 0.2) is 11.2 Å². The second-order valence-electron chi connectivity index (χ2n) is 5.32. The average molecular weight is 337 g/mol. The van der Waals surface area contributed by atoms with Crippen molar-refractivity contribution in [2.45, 2.75) is 13.5 Å². The lowest BCUT2D eigenvalue weighted by atomic mass is 10.2. The molecule has 0 aliphatic rings. The third-order valence-corrected chi connectivity index (χ3v) is 4.27. The fourth-order valence-electron chi connectivity index (χ4n) is 2.59. The van der Waals surface area contributed by atoms with Crippen molar-refractivity contribution in [3.8, 4) is 0 Å². The minimum atomic E-state index is -0.476. The number of hydrogen-bond donors (Lipinski definition) is 0. The van der Waals surface area contributed by atoms with Crippen molar-refractivity contribution in [3.05, 3.63) is 61.3 Å². The summed E-state index contributed by atoms with van der Waals surface area (Å²) in [5.41, 5.74) is -0.158. The molecule has 0 saturated carbocycles. The summed E-state index contributed by atoms with van der Waals surface area (Å²) >= 11 is 6.07. The molecule has 8 heteroatoms. The maximum Gasteiger partial charge on any atom is 0.332 e. The van der Waals surface area contributed by atoms with Crippen LogP contribution in [-0.2, 0) is 20.6 Å². The van der Waals surface area contributed by atoms with E-state index in [0.717, 1.165) is 4.57 Å². The topological polar surface area (TPSA) is 61.8 Å². The van der Waals surface area contributed by atoms with E-state index in [-0.39, 0.29) is 28.3 Å². The molecule has 6 nitrogen and oxygen atoms in total. The zero-order valence-corrected chi connectivity index (χ0v) is 13.6. The molecule has 2 heterocycles. The monoisotopic (exact) mass is 336 g/mol. The van der Waals surface area contributed by atoms with Crippen LogP contribution in [0.4, 0.5) is 4.39 Å². The van der Waals surface area contributed by atoms with Crippen LogP contribution in [-0.4, -0.2) is 18.7 Å². The van der Waals surface area contributed by atoms with Gasteiger partial charge in [-0.05, 0) is 19.1 Å². The van der Waals surface area contributed by atoms with E-state index in [2.05, 4.69) is 4.98 Å². The molecule has 3 rings (SSSR count). The maximum atomic E-state index is 14.0. The van der Waals surface area contributed by atoms with E-state index in [1.807, 2.05) is 0 Å². The Morgan fingerprint density at radius 2 is 1.91 bits per heavy atom. The number of aromatic nitrogens is 4. The van der Waals surface area contributed by atoms with Crippen LogP contribution in [0.5, 0.6) is 0 Å². The number of aryl methyl sites for hydroxylation is 2. The molecule has 0 radical (unpaired) electrons. The van der Waals surface area contributed by atoms with Gasteiger partial charge in [0, 0.05) is 24.7 Å². The van der Waals surface area contributed by atoms with Gasteiger partial charge in [0.05, 0.1) is 6.54 Å². The molecule has 0 atom stereocenters. The summed E-state index contributed by atoms with van der Waals surface area (Å²) in [6.07, 6.45) is 0. The normalized spacial score (nSPS) is 11.3. The largest absolute Gasteiger partial charge is 0.332 e. The van der Waals surface area contributed by atoms with Crippen LogP contribution in [0.1, 0.15) is 11.4 Å². The fourth-order valence-corrected chi connectivity index (χ4v) is 2.81. The van der Waals surface area contributed by atoms with Crippen LogP contribution in [0.3, 0.4) is 0 Å². The molecule has 0 N–H and O–H groups in total. The first-order chi connectivity index (χ1) is 10.8. The minimum absolute atomic E-state index is 0.0568. The van der Waals surface area contributed by atoms with E-state index < -0.39 is 17.1 Å². The van der Waals surface area contributed by atoms with Gasteiger partial charge in [-0.3, -0.25) is 13.9 Å². The third-order valence-electron chi connectivity index (χ3n) is 3.92. The van der Waals surface area contributed by atoms with Gasteiger partial charge < -0.3 is 4.57 Å². The van der Waals surface area contributed by atoms with Crippen molar-refractivity contribution < 1.29 is 4.39 Å². The second kappa shape index (κ2) is 5.34. The highest BCUT2D eigenvalue weighted by molar-refractivity contribution is 6.31. The third kappa shape index (κ3) is 2.28. The van der Waals surface area contributed by atoms with Crippen LogP contribution in [0.15, 0.2) is 27.8 Å². The summed E-state index contributed by atoms with van der Waals surface area (Å²) in [7, 11) is 2.93. The summed E-state index contributed by atoms with van der Waals surface area (Å²) in [5, 5.41) is 0.271. The molecule has 120 valence electrons. The zero-order chi connectivity index (χ0) is 16.9. The molecular weight excluding hydrogens is 323 g/mol. The molecule has 2 aromatic heterocycles. The van der Waals surface area contributed by atoms with Gasteiger partial charge in [-0.2, -0.15) is 0 Å². The Hall–Kier alpha value is -2.41. The van der Waals surface area contributed by atoms with Gasteiger partial charge in [0.1, 0.15) is 11.6 Å². The number of hydrogen-bond acceptors (Lipinski definition) is 3. The maximum absolute atomic E-state index is 14.0. The van der Waals surface area contributed by atoms with Gasteiger partial charge in [-0.15, -0.1) is 0 Å². The predicted molar refractivity (Wildman–Crippen MR) is 85.5 cm³/mol. The smallest absolute Gasteiger partial charge is 0.318 e. The molecule has 0 aliphatic carbocycles. The lowest BCUT2D eigenvalue weighted by molar-refractivity contribution is 0.599. The predicted octanol–water partition coefficient (Wildman–Crippen LogP) is 1.58. The van der Waals surface area contributed by atoms with E-state index in [1.165, 1.54) is 30.8 Å². The Morgan fingerprint density at radius 3 is 2.57 bits per heavy atom. The lowest BCUT2D eigenvalue weighted by Crippen LogP contribution is -2.37. The molecule has 0 bridgehead atoms. The highest BCUT2D eigenvalue weighted by Gasteiger charge is 2.19. The standard InChI is InChI=1S/C15H14ClFN4O2/c1-8-18-13-12(14(22)20(3)15(23)19(13)2)21(8)7-9-10(16)5-4-6-11(9)17/h4-6H,7H2,1-3H3. The fraction of sp³-hybridized carbons (Fsp3) is 0.267. The van der Waals surface area contributed by atoms with E-state index in [0.29, 0.717) is 5.82 Å². The number of fused-ring (bicyclic) bond motifs is 1. The van der Waals surface area contributed by atoms with E-state index in [4.69, 9.17) is 11.6 Å². The second-order valence-corrected chi connectivity index (χ2v) is 5.73. The minimum Gasteiger partial charge on any atom is -0.318 e. The Bertz CT molecular complexity index is 1030. The van der Waals surface area contributed by atoms with E-state index in [9.17, 15) is 14.0 Å². The van der Waals surface area contributed by atoms with Crippen molar-refractivity contribution in [2.75, 3.05) is 0 Å². The van der Waals surface area contributed by atoms with E-state index in [1.54, 1.807) is 17.6 Å². The molecule has 0 unspecified atom stereocenters. The number of benzene rings is 1. The molecule has 0 spiro atoms. The highest BCUT2D eigenvalue weighted by atomic mass is 35.5. The van der Waals surface area contributed by atoms with Crippen molar-refractivity contribution in [1.82, 2.24) is 18.7 Å². The van der Waals surface area contributed by atoms with Gasteiger partial charge in [-0.25, -0.2) is 14.2 Å². The summed E-state index contributed by atoms with van der Waals surface area (Å²) < 4.78 is 17.9. The first-order valence-corrected chi connectivity index (χ1v) is 7.26. The molecule has 0 saturated heterocycles. The van der Waals surface area contributed by atoms with Crippen molar-refractivity contribution in [2.24, 2.45) is 14.1 Å². The summed E-state index contributed by atoms with van der Waals surface area (Å²) in [5.74, 6) is 0.0398. The van der Waals surface area contributed by atoms with Crippen molar-refractivity contribution >= 4 is 22.8 Å². The highest BCUT2D eigenvalue weighted by Crippen LogP contribution is 2.22. The molecule has 0 aliphatic heterocycles. The average Bonchev–Trinajstić information content (AvgIpc) is 2.84. The van der Waals surface area contributed by atoms with Gasteiger partial charge in [-0.1, -0.05) is 17.7 Å². The first kappa shape index (κ1) is 15.5. The molecule has 1 aromatic carbocycles. The summed E-state index contributed by atoms with van der Waals surface area (Å²) in [4.78, 5) is 28.7. The summed E-state index contributed by atoms with van der Waals surface area (Å²) in [6.45, 7) is 1.75. The Labute approximate surface area is 135 Å². The van der Waals surface area contributed by atoms with Crippen molar-refractivity contribution in [1.29, 1.82) is 0 Å². The Morgan fingerprint density at radius 1 is 1.22 bits per heavy atom. The number of imidazole rings is 1. The number of nitrogens with zero attached hydrogens (tertiary/aromatic N) is 4. The van der Waals surface area contributed by atoms with Gasteiger partial charge in [0.25, 0.3) is 5.56 Å². The zero-order valence-electron chi connectivity index (χ0n) is 12.8. The molecule has 0 amide bonds. The number of rotatable bonds is 2. The number of halogens is 2. The Kier molecular flexibility index (Phi) is 3.60. The quantitative estimate of drug-likeness (QED) is 0.714. The summed E-state index contributed by atoms with van der Waals surface area (Å²) in [6, 6.07) is 4.41. The molecule has 0 fully saturated rings. The van der Waals surface area contributed by atoms with Crippen molar-refractivity contribution in [3.63, 3.8) is 0 Å². The van der Waals surface area contributed by atoms with Gasteiger partial charge >= 0.3 is 5.69 Å². The molecule has 23 heavy (non-hydrogen) atoms. The van der Waals surface area contributed by atoms with Crippen LogP contribution >= 0.6 is 11.6 Å².